The van der Waals surface area contributed by atoms with Crippen LogP contribution in [0, 0.1) is 6.92 Å². The van der Waals surface area contributed by atoms with Crippen LogP contribution >= 0.6 is 0 Å². The van der Waals surface area contributed by atoms with Crippen molar-refractivity contribution in [1.29, 1.82) is 0 Å². The molecule has 2 heterocycles. The number of hydrogen-bond acceptors (Lipinski definition) is 6. The Morgan fingerprint density at radius 3 is 2.54 bits per heavy atom. The van der Waals surface area contributed by atoms with Crippen molar-refractivity contribution in [3.63, 3.8) is 0 Å². The Hall–Kier alpha value is -2.98. The highest BCUT2D eigenvalue weighted by Crippen LogP contribution is 2.34. The predicted octanol–water partition coefficient (Wildman–Crippen LogP) is 4.92. The van der Waals surface area contributed by atoms with Crippen LogP contribution < -0.4 is 10.6 Å². The summed E-state index contributed by atoms with van der Waals surface area (Å²) in [5.74, 6) is 0.524. The summed E-state index contributed by atoms with van der Waals surface area (Å²) < 4.78 is 50.9. The van der Waals surface area contributed by atoms with Crippen molar-refractivity contribution < 1.29 is 27.4 Å². The lowest BCUT2D eigenvalue weighted by Crippen LogP contribution is -2.37. The zero-order valence-corrected chi connectivity index (χ0v) is 19.6. The number of hydrogen-bond donors (Lipinski definition) is 2. The van der Waals surface area contributed by atoms with Crippen molar-refractivity contribution in [2.75, 3.05) is 18.5 Å². The maximum absolute atomic E-state index is 13.2. The number of nitrogens with one attached hydrogen (secondary N) is 2. The molecule has 2 aromatic rings. The van der Waals surface area contributed by atoms with E-state index in [2.05, 4.69) is 27.2 Å². The molecule has 1 aromatic carbocycles. The molecule has 1 aromatic heterocycles. The molecule has 1 amide bonds. The Bertz CT molecular complexity index is 1080. The lowest BCUT2D eigenvalue weighted by atomic mass is 9.95. The third-order valence-electron chi connectivity index (χ3n) is 6.10. The Morgan fingerprint density at radius 2 is 1.86 bits per heavy atom. The van der Waals surface area contributed by atoms with Crippen LogP contribution in [0.4, 0.5) is 19.0 Å². The van der Waals surface area contributed by atoms with E-state index in [4.69, 9.17) is 9.47 Å². The van der Waals surface area contributed by atoms with E-state index in [1.54, 1.807) is 6.92 Å². The van der Waals surface area contributed by atoms with Crippen molar-refractivity contribution in [2.24, 2.45) is 0 Å². The van der Waals surface area contributed by atoms with Gasteiger partial charge in [-0.05, 0) is 37.5 Å². The highest BCUT2D eigenvalue weighted by Gasteiger charge is 2.31. The Labute approximate surface area is 202 Å². The quantitative estimate of drug-likeness (QED) is 0.573. The number of carbonyl (C=O) groups is 1. The summed E-state index contributed by atoms with van der Waals surface area (Å²) >= 11 is 0. The van der Waals surface area contributed by atoms with E-state index in [0.29, 0.717) is 30.3 Å². The number of rotatable bonds is 7. The van der Waals surface area contributed by atoms with Gasteiger partial charge in [0, 0.05) is 11.7 Å². The fraction of sp³-hybridized carbons (Fsp3) is 0.480. The smallest absolute Gasteiger partial charge is 0.353 e. The van der Waals surface area contributed by atoms with Gasteiger partial charge >= 0.3 is 6.18 Å². The summed E-state index contributed by atoms with van der Waals surface area (Å²) in [6.07, 6.45) is 0.0180. The number of halogens is 3. The molecule has 1 aliphatic heterocycles. The molecule has 2 fully saturated rings. The normalized spacial score (nSPS) is 17.4. The molecule has 4 rings (SSSR count). The lowest BCUT2D eigenvalue weighted by Gasteiger charge is -2.24. The van der Waals surface area contributed by atoms with E-state index in [1.807, 2.05) is 0 Å². The number of benzene rings is 1. The van der Waals surface area contributed by atoms with Crippen LogP contribution in [-0.2, 0) is 26.9 Å². The van der Waals surface area contributed by atoms with E-state index in [1.165, 1.54) is 18.6 Å². The number of amides is 1. The molecule has 188 valence electrons. The summed E-state index contributed by atoms with van der Waals surface area (Å²) in [7, 11) is 0. The SMILES string of the molecule is C=C(Nc1nc(C)nc(CC(=O)NC2CCCCC2)c1C1OCCO1)c1cccc(C(F)(F)F)c1. The largest absolute Gasteiger partial charge is 0.416 e. The second-order valence-electron chi connectivity index (χ2n) is 8.81. The number of aryl methyl sites for hydroxylation is 1. The monoisotopic (exact) mass is 490 g/mol. The lowest BCUT2D eigenvalue weighted by molar-refractivity contribution is -0.137. The molecule has 2 aliphatic rings. The molecule has 1 saturated carbocycles. The van der Waals surface area contributed by atoms with Gasteiger partial charge in [-0.1, -0.05) is 38.0 Å². The molecule has 0 spiro atoms. The summed E-state index contributed by atoms with van der Waals surface area (Å²) in [6.45, 7) is 6.31. The third kappa shape index (κ3) is 6.37. The number of carbonyl (C=O) groups excluding carboxylic acids is 1. The van der Waals surface area contributed by atoms with Crippen LogP contribution in [-0.4, -0.2) is 35.1 Å². The molecule has 0 unspecified atom stereocenters. The highest BCUT2D eigenvalue weighted by molar-refractivity contribution is 5.80. The number of aromatic nitrogens is 2. The fourth-order valence-electron chi connectivity index (χ4n) is 4.42. The zero-order valence-electron chi connectivity index (χ0n) is 19.6. The van der Waals surface area contributed by atoms with Gasteiger partial charge in [-0.15, -0.1) is 0 Å². The number of ether oxygens (including phenoxy) is 2. The van der Waals surface area contributed by atoms with E-state index >= 15 is 0 Å². The maximum Gasteiger partial charge on any atom is 0.416 e. The van der Waals surface area contributed by atoms with Crippen molar-refractivity contribution in [1.82, 2.24) is 15.3 Å². The topological polar surface area (TPSA) is 85.4 Å². The number of alkyl halides is 3. The van der Waals surface area contributed by atoms with Gasteiger partial charge in [0.25, 0.3) is 0 Å². The minimum Gasteiger partial charge on any atom is -0.353 e. The van der Waals surface area contributed by atoms with Gasteiger partial charge in [-0.2, -0.15) is 13.2 Å². The minimum absolute atomic E-state index is 0.00310. The standard InChI is InChI=1S/C25H29F3N4O3/c1-15(17-7-6-8-18(13-17)25(26,27)28)29-23-22(24-34-11-12-35-24)20(30-16(2)31-23)14-21(33)32-19-9-4-3-5-10-19/h6-8,13,19,24H,1,3-5,9-12,14H2,2H3,(H,32,33)(H,29,30,31). The Morgan fingerprint density at radius 1 is 1.14 bits per heavy atom. The second kappa shape index (κ2) is 10.7. The van der Waals surface area contributed by atoms with E-state index < -0.39 is 18.0 Å². The van der Waals surface area contributed by atoms with Gasteiger partial charge < -0.3 is 20.1 Å². The van der Waals surface area contributed by atoms with Gasteiger partial charge in [-0.25, -0.2) is 9.97 Å². The van der Waals surface area contributed by atoms with Crippen molar-refractivity contribution in [3.05, 3.63) is 59.1 Å². The van der Waals surface area contributed by atoms with Crippen LogP contribution in [0.15, 0.2) is 30.8 Å². The first-order valence-corrected chi connectivity index (χ1v) is 11.7. The van der Waals surface area contributed by atoms with Crippen LogP contribution in [0.2, 0.25) is 0 Å². The van der Waals surface area contributed by atoms with Crippen molar-refractivity contribution in [2.45, 2.75) is 64.0 Å². The minimum atomic E-state index is -4.47. The summed E-state index contributed by atoms with van der Waals surface area (Å²) in [5, 5.41) is 6.10. The van der Waals surface area contributed by atoms with Crippen molar-refractivity contribution >= 4 is 17.4 Å². The third-order valence-corrected chi connectivity index (χ3v) is 6.10. The summed E-state index contributed by atoms with van der Waals surface area (Å²) in [6, 6.07) is 5.02. The molecule has 10 heteroatoms. The molecular weight excluding hydrogens is 461 g/mol. The zero-order chi connectivity index (χ0) is 25.0. The number of nitrogens with zero attached hydrogens (tertiary/aromatic N) is 2. The van der Waals surface area contributed by atoms with Gasteiger partial charge in [-0.3, -0.25) is 4.79 Å². The maximum atomic E-state index is 13.2. The van der Waals surface area contributed by atoms with Crippen LogP contribution in [0.25, 0.3) is 5.70 Å². The molecule has 2 N–H and O–H groups in total. The first-order valence-electron chi connectivity index (χ1n) is 11.7. The summed E-state index contributed by atoms with van der Waals surface area (Å²) in [5.41, 5.74) is 0.578. The average Bonchev–Trinajstić information content (AvgIpc) is 3.33. The van der Waals surface area contributed by atoms with Gasteiger partial charge in [0.15, 0.2) is 6.29 Å². The molecule has 7 nitrogen and oxygen atoms in total. The van der Waals surface area contributed by atoms with Crippen LogP contribution in [0.1, 0.15) is 66.6 Å². The molecule has 0 atom stereocenters. The van der Waals surface area contributed by atoms with Crippen LogP contribution in [0.5, 0.6) is 0 Å². The van der Waals surface area contributed by atoms with Crippen molar-refractivity contribution in [3.8, 4) is 0 Å². The summed E-state index contributed by atoms with van der Waals surface area (Å²) in [4.78, 5) is 21.8. The molecular formula is C25H29F3N4O3. The van der Waals surface area contributed by atoms with Crippen LogP contribution in [0.3, 0.4) is 0 Å². The Balaban J connectivity index is 1.60. The van der Waals surface area contributed by atoms with Gasteiger partial charge in [0.1, 0.15) is 11.6 Å². The van der Waals surface area contributed by atoms with E-state index in [9.17, 15) is 18.0 Å². The highest BCUT2D eigenvalue weighted by atomic mass is 19.4. The number of anilines is 1. The van der Waals surface area contributed by atoms with Gasteiger partial charge in [0.05, 0.1) is 36.5 Å². The second-order valence-corrected chi connectivity index (χ2v) is 8.81. The first kappa shape index (κ1) is 25.1. The Kier molecular flexibility index (Phi) is 7.71. The first-order chi connectivity index (χ1) is 16.7. The molecule has 35 heavy (non-hydrogen) atoms. The molecule has 0 radical (unpaired) electrons. The van der Waals surface area contributed by atoms with E-state index in [-0.39, 0.29) is 35.4 Å². The fourth-order valence-corrected chi connectivity index (χ4v) is 4.42. The molecule has 1 aliphatic carbocycles. The van der Waals surface area contributed by atoms with Gasteiger partial charge in [0.2, 0.25) is 5.91 Å². The van der Waals surface area contributed by atoms with E-state index in [0.717, 1.165) is 37.8 Å². The molecule has 1 saturated heterocycles. The predicted molar refractivity (Wildman–Crippen MR) is 124 cm³/mol. The molecule has 0 bridgehead atoms. The average molecular weight is 491 g/mol.